The van der Waals surface area contributed by atoms with Crippen LogP contribution >= 0.6 is 0 Å². The van der Waals surface area contributed by atoms with Crippen molar-refractivity contribution in [2.24, 2.45) is 0 Å². The molecule has 0 aliphatic carbocycles. The quantitative estimate of drug-likeness (QED) is 0.714. The molecular weight excluding hydrogens is 312 g/mol. The Labute approximate surface area is 147 Å². The SMILES string of the molecule is CCOC(=O)c1cccc(Nc2cc(C)[nH+]c3c(C)cc(C)cc23)c1. The van der Waals surface area contributed by atoms with Crippen molar-refractivity contribution < 1.29 is 14.5 Å². The Morgan fingerprint density at radius 1 is 1.12 bits per heavy atom. The summed E-state index contributed by atoms with van der Waals surface area (Å²) in [6.07, 6.45) is 0. The van der Waals surface area contributed by atoms with Crippen LogP contribution in [-0.4, -0.2) is 12.6 Å². The number of anilines is 2. The van der Waals surface area contributed by atoms with Crippen molar-refractivity contribution in [2.45, 2.75) is 27.7 Å². The summed E-state index contributed by atoms with van der Waals surface area (Å²) in [6, 6.07) is 13.8. The number of carbonyl (C=O) groups excluding carboxylic acids is 1. The summed E-state index contributed by atoms with van der Waals surface area (Å²) in [4.78, 5) is 15.4. The molecule has 0 radical (unpaired) electrons. The van der Waals surface area contributed by atoms with E-state index in [9.17, 15) is 4.79 Å². The van der Waals surface area contributed by atoms with Gasteiger partial charge in [-0.25, -0.2) is 9.78 Å². The second-order valence-corrected chi connectivity index (χ2v) is 6.30. The van der Waals surface area contributed by atoms with Crippen LogP contribution in [-0.2, 0) is 4.74 Å². The maximum Gasteiger partial charge on any atom is 0.338 e. The molecule has 0 unspecified atom stereocenters. The summed E-state index contributed by atoms with van der Waals surface area (Å²) >= 11 is 0. The molecule has 2 N–H and O–H groups in total. The van der Waals surface area contributed by atoms with Gasteiger partial charge in [0.1, 0.15) is 0 Å². The number of pyridine rings is 1. The molecule has 25 heavy (non-hydrogen) atoms. The second-order valence-electron chi connectivity index (χ2n) is 6.30. The lowest BCUT2D eigenvalue weighted by atomic mass is 10.0. The van der Waals surface area contributed by atoms with Crippen LogP contribution in [0.2, 0.25) is 0 Å². The highest BCUT2D eigenvalue weighted by Gasteiger charge is 2.13. The number of rotatable bonds is 4. The summed E-state index contributed by atoms with van der Waals surface area (Å²) in [5.74, 6) is -0.305. The molecule has 1 heterocycles. The predicted octanol–water partition coefficient (Wildman–Crippen LogP) is 4.50. The highest BCUT2D eigenvalue weighted by Crippen LogP contribution is 2.28. The lowest BCUT2D eigenvalue weighted by Crippen LogP contribution is -2.11. The first kappa shape index (κ1) is 17.0. The number of aromatic amines is 1. The summed E-state index contributed by atoms with van der Waals surface area (Å²) in [7, 11) is 0. The summed E-state index contributed by atoms with van der Waals surface area (Å²) in [6.45, 7) is 8.42. The zero-order valence-corrected chi connectivity index (χ0v) is 15.1. The van der Waals surface area contributed by atoms with Crippen LogP contribution in [0.3, 0.4) is 0 Å². The zero-order chi connectivity index (χ0) is 18.0. The topological polar surface area (TPSA) is 52.5 Å². The van der Waals surface area contributed by atoms with Crippen molar-refractivity contribution in [1.82, 2.24) is 0 Å². The molecule has 0 fully saturated rings. The van der Waals surface area contributed by atoms with Gasteiger partial charge in [-0.15, -0.1) is 0 Å². The first-order valence-electron chi connectivity index (χ1n) is 8.46. The van der Waals surface area contributed by atoms with Gasteiger partial charge in [0, 0.05) is 24.2 Å². The zero-order valence-electron chi connectivity index (χ0n) is 15.1. The molecule has 0 saturated carbocycles. The molecule has 3 aromatic rings. The van der Waals surface area contributed by atoms with E-state index in [-0.39, 0.29) is 5.97 Å². The van der Waals surface area contributed by atoms with Crippen LogP contribution in [0, 0.1) is 20.8 Å². The third-order valence-corrected chi connectivity index (χ3v) is 4.11. The number of nitrogens with one attached hydrogen (secondary N) is 2. The minimum atomic E-state index is -0.305. The molecule has 4 heteroatoms. The Morgan fingerprint density at radius 2 is 1.92 bits per heavy atom. The van der Waals surface area contributed by atoms with Crippen LogP contribution in [0.1, 0.15) is 34.1 Å². The van der Waals surface area contributed by atoms with Crippen molar-refractivity contribution in [3.05, 3.63) is 64.8 Å². The highest BCUT2D eigenvalue weighted by atomic mass is 16.5. The molecule has 2 aromatic carbocycles. The third kappa shape index (κ3) is 3.63. The molecule has 0 amide bonds. The highest BCUT2D eigenvalue weighted by molar-refractivity contribution is 5.94. The van der Waals surface area contributed by atoms with Crippen molar-refractivity contribution in [2.75, 3.05) is 11.9 Å². The minimum Gasteiger partial charge on any atom is -0.462 e. The number of carbonyl (C=O) groups is 1. The standard InChI is InChI=1S/C21H22N2O2/c1-5-25-21(24)16-7-6-8-17(12-16)23-19-11-15(4)22-20-14(3)9-13(2)10-18(19)20/h6-12H,5H2,1-4H3,(H,22,23)/p+1. The Morgan fingerprint density at radius 3 is 2.68 bits per heavy atom. The Kier molecular flexibility index (Phi) is 4.70. The summed E-state index contributed by atoms with van der Waals surface area (Å²) in [5.41, 5.74) is 7.03. The van der Waals surface area contributed by atoms with Crippen LogP contribution in [0.5, 0.6) is 0 Å². The molecule has 3 rings (SSSR count). The van der Waals surface area contributed by atoms with Crippen molar-refractivity contribution in [3.8, 4) is 0 Å². The Bertz CT molecular complexity index is 948. The van der Waals surface area contributed by atoms with Gasteiger partial charge in [0.05, 0.1) is 23.2 Å². The smallest absolute Gasteiger partial charge is 0.338 e. The van der Waals surface area contributed by atoms with Gasteiger partial charge in [-0.3, -0.25) is 0 Å². The molecule has 4 nitrogen and oxygen atoms in total. The van der Waals surface area contributed by atoms with E-state index in [1.807, 2.05) is 25.1 Å². The number of hydrogen-bond donors (Lipinski definition) is 1. The third-order valence-electron chi connectivity index (χ3n) is 4.11. The van der Waals surface area contributed by atoms with Gasteiger partial charge in [0.2, 0.25) is 5.52 Å². The number of ether oxygens (including phenoxy) is 1. The maximum absolute atomic E-state index is 12.0. The van der Waals surface area contributed by atoms with Gasteiger partial charge in [-0.1, -0.05) is 6.07 Å². The number of H-pyrrole nitrogens is 1. The number of hydrogen-bond acceptors (Lipinski definition) is 3. The fourth-order valence-electron chi connectivity index (χ4n) is 3.07. The van der Waals surface area contributed by atoms with E-state index in [2.05, 4.69) is 42.3 Å². The predicted molar refractivity (Wildman–Crippen MR) is 100 cm³/mol. The number of aryl methyl sites for hydroxylation is 3. The fourth-order valence-corrected chi connectivity index (χ4v) is 3.07. The first-order chi connectivity index (χ1) is 12.0. The number of benzene rings is 2. The fraction of sp³-hybridized carbons (Fsp3) is 0.238. The van der Waals surface area contributed by atoms with Crippen molar-refractivity contribution in [1.29, 1.82) is 0 Å². The molecule has 0 bridgehead atoms. The average Bonchev–Trinajstić information content (AvgIpc) is 2.56. The van der Waals surface area contributed by atoms with Crippen molar-refractivity contribution in [3.63, 3.8) is 0 Å². The van der Waals surface area contributed by atoms with Crippen LogP contribution < -0.4 is 10.3 Å². The Balaban J connectivity index is 2.04. The molecule has 0 spiro atoms. The normalized spacial score (nSPS) is 10.7. The molecule has 0 atom stereocenters. The first-order valence-corrected chi connectivity index (χ1v) is 8.46. The largest absolute Gasteiger partial charge is 0.462 e. The molecule has 128 valence electrons. The lowest BCUT2D eigenvalue weighted by Gasteiger charge is -2.11. The maximum atomic E-state index is 12.0. The number of fused-ring (bicyclic) bond motifs is 1. The molecule has 1 aromatic heterocycles. The van der Waals surface area contributed by atoms with E-state index in [4.69, 9.17) is 4.74 Å². The number of aromatic nitrogens is 1. The van der Waals surface area contributed by atoms with E-state index < -0.39 is 0 Å². The monoisotopic (exact) mass is 335 g/mol. The van der Waals surface area contributed by atoms with Gasteiger partial charge < -0.3 is 10.1 Å². The number of esters is 1. The average molecular weight is 335 g/mol. The van der Waals surface area contributed by atoms with Crippen LogP contribution in [0.15, 0.2) is 42.5 Å². The van der Waals surface area contributed by atoms with Crippen LogP contribution in [0.25, 0.3) is 10.9 Å². The second kappa shape index (κ2) is 6.93. The molecule has 0 aliphatic heterocycles. The van der Waals surface area contributed by atoms with E-state index in [0.29, 0.717) is 12.2 Å². The summed E-state index contributed by atoms with van der Waals surface area (Å²) in [5, 5.41) is 4.58. The van der Waals surface area contributed by atoms with E-state index in [0.717, 1.165) is 28.0 Å². The van der Waals surface area contributed by atoms with Gasteiger partial charge >= 0.3 is 5.97 Å². The molecule has 0 saturated heterocycles. The van der Waals surface area contributed by atoms with E-state index in [1.54, 1.807) is 13.0 Å². The molecular formula is C21H23N2O2+. The van der Waals surface area contributed by atoms with Crippen molar-refractivity contribution >= 4 is 28.2 Å². The Hall–Kier alpha value is -2.88. The lowest BCUT2D eigenvalue weighted by molar-refractivity contribution is -0.354. The van der Waals surface area contributed by atoms with Gasteiger partial charge in [-0.05, 0) is 56.7 Å². The van der Waals surface area contributed by atoms with Gasteiger partial charge in [-0.2, -0.15) is 0 Å². The van der Waals surface area contributed by atoms with E-state index in [1.165, 1.54) is 11.1 Å². The van der Waals surface area contributed by atoms with Gasteiger partial charge in [0.15, 0.2) is 5.69 Å². The van der Waals surface area contributed by atoms with Crippen LogP contribution in [0.4, 0.5) is 11.4 Å². The van der Waals surface area contributed by atoms with Gasteiger partial charge in [0.25, 0.3) is 0 Å². The van der Waals surface area contributed by atoms with E-state index >= 15 is 0 Å². The minimum absolute atomic E-state index is 0.305. The summed E-state index contributed by atoms with van der Waals surface area (Å²) < 4.78 is 5.08. The molecule has 0 aliphatic rings.